The fourth-order valence-electron chi connectivity index (χ4n) is 3.46. The maximum Gasteiger partial charge on any atom is 0.0119 e. The van der Waals surface area contributed by atoms with Gasteiger partial charge in [0.2, 0.25) is 0 Å². The topological polar surface area (TPSA) is 3.24 Å². The summed E-state index contributed by atoms with van der Waals surface area (Å²) in [5, 5.41) is 0. The lowest BCUT2D eigenvalue weighted by Gasteiger charge is -2.59. The third kappa shape index (κ3) is 1.60. The Morgan fingerprint density at radius 3 is 1.86 bits per heavy atom. The summed E-state index contributed by atoms with van der Waals surface area (Å²) >= 11 is 0. The number of rotatable bonds is 1. The average molecular weight is 195 g/mol. The van der Waals surface area contributed by atoms with Gasteiger partial charge in [-0.25, -0.2) is 0 Å². The lowest BCUT2D eigenvalue weighted by atomic mass is 9.64. The summed E-state index contributed by atoms with van der Waals surface area (Å²) in [5.41, 5.74) is 0.528. The maximum absolute atomic E-state index is 2.74. The zero-order chi connectivity index (χ0) is 10.5. The standard InChI is InChI=1S/C13H25N/c1-9(2)14-11-6-10(13(3,4)5)7-12(14)8-11/h9-12H,6-8H2,1-5H3/t10?,11-,12+. The molecule has 0 aromatic heterocycles. The van der Waals surface area contributed by atoms with Crippen LogP contribution in [-0.4, -0.2) is 23.0 Å². The van der Waals surface area contributed by atoms with E-state index in [1.165, 1.54) is 19.3 Å². The highest BCUT2D eigenvalue weighted by Gasteiger charge is 2.48. The van der Waals surface area contributed by atoms with E-state index < -0.39 is 0 Å². The largest absolute Gasteiger partial charge is 0.295 e. The summed E-state index contributed by atoms with van der Waals surface area (Å²) in [5.74, 6) is 0.959. The summed E-state index contributed by atoms with van der Waals surface area (Å²) in [6.07, 6.45) is 4.36. The fraction of sp³-hybridized carbons (Fsp3) is 1.00. The fourth-order valence-corrected chi connectivity index (χ4v) is 3.46. The van der Waals surface area contributed by atoms with E-state index in [2.05, 4.69) is 39.5 Å². The highest BCUT2D eigenvalue weighted by atomic mass is 15.3. The van der Waals surface area contributed by atoms with Crippen molar-refractivity contribution in [1.82, 2.24) is 4.90 Å². The number of hydrogen-bond donors (Lipinski definition) is 0. The van der Waals surface area contributed by atoms with Crippen molar-refractivity contribution in [2.75, 3.05) is 0 Å². The normalized spacial score (nSPS) is 38.6. The predicted octanol–water partition coefficient (Wildman–Crippen LogP) is 3.29. The first-order valence-electron chi connectivity index (χ1n) is 6.17. The molecule has 82 valence electrons. The lowest BCUT2D eigenvalue weighted by molar-refractivity contribution is -0.0929. The van der Waals surface area contributed by atoms with E-state index in [4.69, 9.17) is 0 Å². The van der Waals surface area contributed by atoms with Crippen LogP contribution in [-0.2, 0) is 0 Å². The molecule has 0 spiro atoms. The van der Waals surface area contributed by atoms with Crippen LogP contribution in [0, 0.1) is 11.3 Å². The van der Waals surface area contributed by atoms with Gasteiger partial charge in [0.25, 0.3) is 0 Å². The second-order valence-electron chi connectivity index (χ2n) is 6.62. The summed E-state index contributed by atoms with van der Waals surface area (Å²) in [6, 6.07) is 2.59. The van der Waals surface area contributed by atoms with Gasteiger partial charge in [0.15, 0.2) is 0 Å². The molecule has 0 amide bonds. The summed E-state index contributed by atoms with van der Waals surface area (Å²) < 4.78 is 0. The molecule has 1 heteroatoms. The molecule has 0 aromatic carbocycles. The van der Waals surface area contributed by atoms with Gasteiger partial charge in [-0.05, 0) is 44.4 Å². The first kappa shape index (κ1) is 10.5. The zero-order valence-electron chi connectivity index (χ0n) is 10.4. The van der Waals surface area contributed by atoms with Crippen molar-refractivity contribution in [2.45, 2.75) is 72.0 Å². The lowest BCUT2D eigenvalue weighted by Crippen LogP contribution is -2.64. The Bertz CT molecular complexity index is 202. The minimum atomic E-state index is 0.528. The van der Waals surface area contributed by atoms with Gasteiger partial charge in [0, 0.05) is 18.1 Å². The molecule has 2 saturated heterocycles. The van der Waals surface area contributed by atoms with Gasteiger partial charge in [-0.1, -0.05) is 20.8 Å². The van der Waals surface area contributed by atoms with Crippen LogP contribution < -0.4 is 0 Å². The maximum atomic E-state index is 2.74. The van der Waals surface area contributed by atoms with Crippen LogP contribution in [0.2, 0.25) is 0 Å². The van der Waals surface area contributed by atoms with Gasteiger partial charge in [-0.2, -0.15) is 0 Å². The molecule has 0 aromatic rings. The van der Waals surface area contributed by atoms with Crippen LogP contribution in [0.4, 0.5) is 0 Å². The Morgan fingerprint density at radius 2 is 1.50 bits per heavy atom. The van der Waals surface area contributed by atoms with Crippen LogP contribution in [0.25, 0.3) is 0 Å². The van der Waals surface area contributed by atoms with E-state index in [1.807, 2.05) is 0 Å². The molecular formula is C13H25N. The Balaban J connectivity index is 1.98. The molecule has 2 aliphatic heterocycles. The van der Waals surface area contributed by atoms with Crippen molar-refractivity contribution in [1.29, 1.82) is 0 Å². The van der Waals surface area contributed by atoms with Crippen molar-refractivity contribution >= 4 is 0 Å². The molecular weight excluding hydrogens is 170 g/mol. The average Bonchev–Trinajstić information content (AvgIpc) is 2.01. The molecule has 3 atom stereocenters. The van der Waals surface area contributed by atoms with Crippen molar-refractivity contribution in [3.8, 4) is 0 Å². The van der Waals surface area contributed by atoms with Gasteiger partial charge >= 0.3 is 0 Å². The Labute approximate surface area is 88.9 Å². The first-order chi connectivity index (χ1) is 6.39. The molecule has 1 aliphatic carbocycles. The molecule has 2 heterocycles. The van der Waals surface area contributed by atoms with E-state index in [-0.39, 0.29) is 0 Å². The molecule has 1 saturated carbocycles. The molecule has 1 unspecified atom stereocenters. The molecule has 14 heavy (non-hydrogen) atoms. The van der Waals surface area contributed by atoms with E-state index >= 15 is 0 Å². The molecule has 0 N–H and O–H groups in total. The quantitative estimate of drug-likeness (QED) is 0.620. The van der Waals surface area contributed by atoms with Crippen molar-refractivity contribution in [3.63, 3.8) is 0 Å². The third-order valence-corrected chi connectivity index (χ3v) is 4.32. The second kappa shape index (κ2) is 3.23. The van der Waals surface area contributed by atoms with Crippen molar-refractivity contribution in [3.05, 3.63) is 0 Å². The molecule has 3 aliphatic rings. The van der Waals surface area contributed by atoms with E-state index in [0.29, 0.717) is 5.41 Å². The summed E-state index contributed by atoms with van der Waals surface area (Å²) in [4.78, 5) is 2.74. The highest BCUT2D eigenvalue weighted by Crippen LogP contribution is 2.48. The molecule has 0 radical (unpaired) electrons. The number of piperidine rings is 1. The van der Waals surface area contributed by atoms with Crippen LogP contribution in [0.3, 0.4) is 0 Å². The first-order valence-corrected chi connectivity index (χ1v) is 6.17. The number of hydrogen-bond acceptors (Lipinski definition) is 1. The minimum Gasteiger partial charge on any atom is -0.295 e. The molecule has 3 fully saturated rings. The highest BCUT2D eigenvalue weighted by molar-refractivity contribution is 5.02. The Morgan fingerprint density at radius 1 is 1.00 bits per heavy atom. The Kier molecular flexibility index (Phi) is 2.42. The third-order valence-electron chi connectivity index (χ3n) is 4.32. The second-order valence-corrected chi connectivity index (χ2v) is 6.62. The molecule has 1 nitrogen and oxygen atoms in total. The van der Waals surface area contributed by atoms with Crippen molar-refractivity contribution < 1.29 is 0 Å². The van der Waals surface area contributed by atoms with E-state index in [9.17, 15) is 0 Å². The molecule has 3 rings (SSSR count). The predicted molar refractivity (Wildman–Crippen MR) is 61.3 cm³/mol. The van der Waals surface area contributed by atoms with Crippen molar-refractivity contribution in [2.24, 2.45) is 11.3 Å². The Hall–Kier alpha value is -0.0400. The van der Waals surface area contributed by atoms with Gasteiger partial charge in [-0.15, -0.1) is 0 Å². The monoisotopic (exact) mass is 195 g/mol. The van der Waals surface area contributed by atoms with Gasteiger partial charge < -0.3 is 0 Å². The SMILES string of the molecule is CC(C)N1[C@@H]2CC(C(C)(C)C)C[C@H]1C2. The van der Waals surface area contributed by atoms with Gasteiger partial charge in [0.1, 0.15) is 0 Å². The summed E-state index contributed by atoms with van der Waals surface area (Å²) in [6.45, 7) is 11.9. The van der Waals surface area contributed by atoms with Crippen LogP contribution in [0.1, 0.15) is 53.9 Å². The van der Waals surface area contributed by atoms with Crippen LogP contribution in [0.15, 0.2) is 0 Å². The number of nitrogens with zero attached hydrogens (tertiary/aromatic N) is 1. The van der Waals surface area contributed by atoms with Crippen LogP contribution in [0.5, 0.6) is 0 Å². The van der Waals surface area contributed by atoms with E-state index in [1.54, 1.807) is 0 Å². The van der Waals surface area contributed by atoms with Gasteiger partial charge in [0.05, 0.1) is 0 Å². The number of fused-ring (bicyclic) bond motifs is 2. The van der Waals surface area contributed by atoms with E-state index in [0.717, 1.165) is 24.0 Å². The van der Waals surface area contributed by atoms with Gasteiger partial charge in [-0.3, -0.25) is 4.90 Å². The van der Waals surface area contributed by atoms with Crippen LogP contribution >= 0.6 is 0 Å². The minimum absolute atomic E-state index is 0.528. The molecule has 2 bridgehead atoms. The smallest absolute Gasteiger partial charge is 0.0119 e. The zero-order valence-corrected chi connectivity index (χ0v) is 10.4. The summed E-state index contributed by atoms with van der Waals surface area (Å²) in [7, 11) is 0.